The Morgan fingerprint density at radius 2 is 2.25 bits per heavy atom. The van der Waals surface area contributed by atoms with Crippen molar-refractivity contribution in [2.45, 2.75) is 12.6 Å². The third-order valence-corrected chi connectivity index (χ3v) is 2.93. The number of nitrogens with two attached hydrogens (primary N) is 1. The highest BCUT2D eigenvalue weighted by molar-refractivity contribution is 9.11. The van der Waals surface area contributed by atoms with E-state index in [-0.39, 0.29) is 5.76 Å². The van der Waals surface area contributed by atoms with E-state index < -0.39 is 5.66 Å². The van der Waals surface area contributed by atoms with Crippen molar-refractivity contribution in [2.75, 3.05) is 0 Å². The maximum atomic E-state index is 9.75. The number of rotatable bonds is 1. The van der Waals surface area contributed by atoms with Crippen molar-refractivity contribution in [1.82, 2.24) is 10.3 Å². The van der Waals surface area contributed by atoms with Crippen LogP contribution in [0.5, 0.6) is 0 Å². The fourth-order valence-electron chi connectivity index (χ4n) is 1.48. The first-order valence-electron chi connectivity index (χ1n) is 4.80. The van der Waals surface area contributed by atoms with E-state index in [0.717, 1.165) is 11.4 Å². The molecule has 0 radical (unpaired) electrons. The Balaban J connectivity index is 2.44. The molecule has 1 unspecified atom stereocenters. The molecule has 0 amide bonds. The van der Waals surface area contributed by atoms with Crippen LogP contribution >= 0.6 is 15.9 Å². The number of aromatic nitrogens is 1. The molecule has 5 heteroatoms. The van der Waals surface area contributed by atoms with Gasteiger partial charge in [-0.3, -0.25) is 4.98 Å². The quantitative estimate of drug-likeness (QED) is 0.735. The van der Waals surface area contributed by atoms with Crippen LogP contribution in [-0.2, 0) is 0 Å². The summed E-state index contributed by atoms with van der Waals surface area (Å²) >= 11 is 3.27. The van der Waals surface area contributed by atoms with Crippen molar-refractivity contribution in [1.29, 1.82) is 0 Å². The number of halogens is 1. The smallest absolute Gasteiger partial charge is 0.146 e. The highest BCUT2D eigenvalue weighted by Gasteiger charge is 2.30. The third kappa shape index (κ3) is 1.96. The van der Waals surface area contributed by atoms with Crippen molar-refractivity contribution >= 4 is 21.6 Å². The summed E-state index contributed by atoms with van der Waals surface area (Å²) in [6, 6.07) is 5.61. The van der Waals surface area contributed by atoms with Gasteiger partial charge in [-0.1, -0.05) is 6.07 Å². The molecule has 0 fully saturated rings. The summed E-state index contributed by atoms with van der Waals surface area (Å²) < 4.78 is 0.567. The maximum absolute atomic E-state index is 9.75. The summed E-state index contributed by atoms with van der Waals surface area (Å²) in [6.07, 6.45) is 3.46. The Labute approximate surface area is 102 Å². The topological polar surface area (TPSA) is 71.2 Å². The molecule has 0 bridgehead atoms. The lowest BCUT2D eigenvalue weighted by Crippen LogP contribution is -2.53. The van der Waals surface area contributed by atoms with Gasteiger partial charge in [0.05, 0.1) is 15.9 Å². The molecular weight excluding hydrogens is 270 g/mol. The molecule has 0 saturated heterocycles. The van der Waals surface area contributed by atoms with E-state index in [1.165, 1.54) is 0 Å². The molecule has 0 saturated carbocycles. The van der Waals surface area contributed by atoms with E-state index in [1.54, 1.807) is 19.2 Å². The van der Waals surface area contributed by atoms with Crippen molar-refractivity contribution in [3.63, 3.8) is 0 Å². The average Bonchev–Trinajstić information content (AvgIpc) is 2.26. The molecule has 16 heavy (non-hydrogen) atoms. The summed E-state index contributed by atoms with van der Waals surface area (Å²) in [7, 11) is 0. The molecule has 2 rings (SSSR count). The molecule has 2 heterocycles. The SMILES string of the molecule is CC1(N)NC(c2ccccn2)=CC(Br)=C1O. The molecule has 0 spiro atoms. The minimum absolute atomic E-state index is 0.0761. The molecule has 4 nitrogen and oxygen atoms in total. The van der Waals surface area contributed by atoms with Crippen LogP contribution in [0.1, 0.15) is 12.6 Å². The standard InChI is InChI=1S/C11H12BrN3O/c1-11(13)10(16)7(12)6-9(15-11)8-4-2-3-5-14-8/h2-6,15-16H,13H2,1H3. The normalized spacial score (nSPS) is 25.1. The first-order chi connectivity index (χ1) is 7.50. The first-order valence-corrected chi connectivity index (χ1v) is 5.59. The molecule has 1 atom stereocenters. The highest BCUT2D eigenvalue weighted by Crippen LogP contribution is 2.28. The number of pyridine rings is 1. The van der Waals surface area contributed by atoms with Crippen LogP contribution in [-0.4, -0.2) is 15.8 Å². The van der Waals surface area contributed by atoms with Gasteiger partial charge < -0.3 is 16.2 Å². The van der Waals surface area contributed by atoms with Crippen molar-refractivity contribution in [2.24, 2.45) is 5.73 Å². The summed E-state index contributed by atoms with van der Waals surface area (Å²) in [5, 5.41) is 12.8. The van der Waals surface area contributed by atoms with E-state index in [2.05, 4.69) is 26.2 Å². The van der Waals surface area contributed by atoms with Crippen LogP contribution in [0.4, 0.5) is 0 Å². The van der Waals surface area contributed by atoms with E-state index in [1.807, 2.05) is 18.2 Å². The zero-order chi connectivity index (χ0) is 11.8. The second-order valence-electron chi connectivity index (χ2n) is 3.80. The van der Waals surface area contributed by atoms with Gasteiger partial charge >= 0.3 is 0 Å². The number of aliphatic hydroxyl groups is 1. The molecule has 1 aromatic heterocycles. The molecule has 84 valence electrons. The first kappa shape index (κ1) is 11.2. The minimum Gasteiger partial charge on any atom is -0.507 e. The van der Waals surface area contributed by atoms with E-state index in [0.29, 0.717) is 4.48 Å². The van der Waals surface area contributed by atoms with Crippen LogP contribution in [0.15, 0.2) is 40.7 Å². The zero-order valence-electron chi connectivity index (χ0n) is 8.74. The summed E-state index contributed by atoms with van der Waals surface area (Å²) in [4.78, 5) is 4.22. The van der Waals surface area contributed by atoms with Gasteiger partial charge in [-0.15, -0.1) is 0 Å². The lowest BCUT2D eigenvalue weighted by atomic mass is 10.1. The number of hydrogen-bond acceptors (Lipinski definition) is 4. The van der Waals surface area contributed by atoms with Crippen LogP contribution in [0.25, 0.3) is 5.70 Å². The van der Waals surface area contributed by atoms with Gasteiger partial charge in [0.15, 0.2) is 0 Å². The van der Waals surface area contributed by atoms with Gasteiger partial charge in [0.1, 0.15) is 11.4 Å². The molecular formula is C11H12BrN3O. The Morgan fingerprint density at radius 1 is 1.50 bits per heavy atom. The van der Waals surface area contributed by atoms with E-state index in [9.17, 15) is 5.11 Å². The van der Waals surface area contributed by atoms with Gasteiger partial charge in [0.25, 0.3) is 0 Å². The summed E-state index contributed by atoms with van der Waals surface area (Å²) in [5.41, 5.74) is 6.49. The lowest BCUT2D eigenvalue weighted by Gasteiger charge is -2.31. The molecule has 1 aliphatic heterocycles. The second kappa shape index (κ2) is 3.92. The number of nitrogens with one attached hydrogen (secondary N) is 1. The number of hydrogen-bond donors (Lipinski definition) is 3. The largest absolute Gasteiger partial charge is 0.507 e. The van der Waals surface area contributed by atoms with Crippen molar-refractivity contribution in [3.8, 4) is 0 Å². The predicted molar refractivity (Wildman–Crippen MR) is 66.5 cm³/mol. The summed E-state index contributed by atoms with van der Waals surface area (Å²) in [6.45, 7) is 1.69. The van der Waals surface area contributed by atoms with Crippen molar-refractivity contribution in [3.05, 3.63) is 46.4 Å². The Kier molecular flexibility index (Phi) is 2.73. The number of allylic oxidation sites excluding steroid dienone is 2. The van der Waals surface area contributed by atoms with Gasteiger partial charge in [-0.05, 0) is 41.1 Å². The highest BCUT2D eigenvalue weighted by atomic mass is 79.9. The maximum Gasteiger partial charge on any atom is 0.146 e. The van der Waals surface area contributed by atoms with E-state index in [4.69, 9.17) is 5.73 Å². The van der Waals surface area contributed by atoms with Crippen LogP contribution in [0.3, 0.4) is 0 Å². The molecule has 1 aliphatic rings. The number of nitrogens with zero attached hydrogens (tertiary/aromatic N) is 1. The lowest BCUT2D eigenvalue weighted by molar-refractivity contribution is 0.287. The Bertz CT molecular complexity index is 465. The number of aliphatic hydroxyl groups excluding tert-OH is 1. The van der Waals surface area contributed by atoms with Gasteiger partial charge in [-0.25, -0.2) is 0 Å². The second-order valence-corrected chi connectivity index (χ2v) is 4.65. The summed E-state index contributed by atoms with van der Waals surface area (Å²) in [5.74, 6) is 0.0761. The Hall–Kier alpha value is -1.33. The Morgan fingerprint density at radius 3 is 2.81 bits per heavy atom. The molecule has 4 N–H and O–H groups in total. The van der Waals surface area contributed by atoms with Gasteiger partial charge in [-0.2, -0.15) is 0 Å². The van der Waals surface area contributed by atoms with Gasteiger partial charge in [0, 0.05) is 6.20 Å². The molecule has 0 aliphatic carbocycles. The van der Waals surface area contributed by atoms with E-state index >= 15 is 0 Å². The zero-order valence-corrected chi connectivity index (χ0v) is 10.3. The van der Waals surface area contributed by atoms with Crippen molar-refractivity contribution < 1.29 is 5.11 Å². The fourth-order valence-corrected chi connectivity index (χ4v) is 2.12. The third-order valence-electron chi connectivity index (χ3n) is 2.32. The molecule has 1 aromatic rings. The van der Waals surface area contributed by atoms with Crippen LogP contribution in [0.2, 0.25) is 0 Å². The monoisotopic (exact) mass is 281 g/mol. The average molecular weight is 282 g/mol. The van der Waals surface area contributed by atoms with Crippen LogP contribution < -0.4 is 11.1 Å². The fraction of sp³-hybridized carbons (Fsp3) is 0.182. The molecule has 0 aromatic carbocycles. The van der Waals surface area contributed by atoms with Gasteiger partial charge in [0.2, 0.25) is 0 Å². The predicted octanol–water partition coefficient (Wildman–Crippen LogP) is 1.87. The number of dihydropyridines is 1. The van der Waals surface area contributed by atoms with Crippen LogP contribution in [0, 0.1) is 0 Å². The minimum atomic E-state index is -0.986.